The van der Waals surface area contributed by atoms with Gasteiger partial charge in [0.25, 0.3) is 8.32 Å². The van der Waals surface area contributed by atoms with Crippen LogP contribution in [0.15, 0.2) is 89.8 Å². The largest absolute Gasteiger partial charge is 0.404 e. The lowest BCUT2D eigenvalue weighted by atomic mass is 9.74. The Morgan fingerprint density at radius 2 is 1.50 bits per heavy atom. The number of hydrogen-bond donors (Lipinski definition) is 0. The van der Waals surface area contributed by atoms with Crippen molar-refractivity contribution < 1.29 is 12.8 Å². The van der Waals surface area contributed by atoms with E-state index >= 15 is 0 Å². The number of rotatable bonds is 9. The zero-order valence-corrected chi connectivity index (χ0v) is 26.6. The molecule has 1 aliphatic heterocycles. The molecule has 214 valence electrons. The third kappa shape index (κ3) is 5.13. The Kier molecular flexibility index (Phi) is 8.19. The number of benzene rings is 3. The molecular weight excluding hydrogens is 531 g/mol. The third-order valence-electron chi connectivity index (χ3n) is 9.27. The van der Waals surface area contributed by atoms with E-state index in [0.29, 0.717) is 11.4 Å². The molecule has 2 aliphatic rings. The molecule has 0 aromatic heterocycles. The molecular formula is C34H45NO3SSi. The molecule has 4 nitrogen and oxygen atoms in total. The highest BCUT2D eigenvalue weighted by molar-refractivity contribution is 7.89. The first kappa shape index (κ1) is 29.2. The van der Waals surface area contributed by atoms with Crippen LogP contribution in [0.1, 0.15) is 71.8 Å². The molecule has 1 saturated carbocycles. The molecule has 4 atom stereocenters. The summed E-state index contributed by atoms with van der Waals surface area (Å²) in [6, 6.07) is 29.0. The molecule has 0 bridgehead atoms. The van der Waals surface area contributed by atoms with Crippen molar-refractivity contribution in [2.75, 3.05) is 6.54 Å². The van der Waals surface area contributed by atoms with Crippen LogP contribution in [0, 0.1) is 12.8 Å². The second kappa shape index (κ2) is 11.2. The summed E-state index contributed by atoms with van der Waals surface area (Å²) in [4.78, 5) is 0.402. The molecule has 3 aromatic rings. The van der Waals surface area contributed by atoms with Gasteiger partial charge in [0, 0.05) is 12.5 Å². The van der Waals surface area contributed by atoms with E-state index in [-0.39, 0.29) is 22.6 Å². The molecule has 5 rings (SSSR count). The van der Waals surface area contributed by atoms with E-state index in [1.165, 1.54) is 10.4 Å². The highest BCUT2D eigenvalue weighted by Gasteiger charge is 2.66. The Hall–Kier alpha value is -2.25. The molecule has 2 fully saturated rings. The van der Waals surface area contributed by atoms with E-state index in [4.69, 9.17) is 4.43 Å². The Morgan fingerprint density at radius 1 is 0.925 bits per heavy atom. The van der Waals surface area contributed by atoms with Crippen molar-refractivity contribution in [3.8, 4) is 0 Å². The van der Waals surface area contributed by atoms with Gasteiger partial charge in [0.05, 0.1) is 16.5 Å². The van der Waals surface area contributed by atoms with Crippen LogP contribution in [0.3, 0.4) is 0 Å². The summed E-state index contributed by atoms with van der Waals surface area (Å²) in [7, 11) is -6.32. The van der Waals surface area contributed by atoms with E-state index in [0.717, 1.165) is 44.1 Å². The van der Waals surface area contributed by atoms with Gasteiger partial charge in [0.15, 0.2) is 0 Å². The minimum Gasteiger partial charge on any atom is -0.404 e. The third-order valence-corrected chi connectivity index (χ3v) is 16.3. The van der Waals surface area contributed by atoms with E-state index < -0.39 is 18.3 Å². The first-order chi connectivity index (χ1) is 19.1. The maximum atomic E-state index is 13.9. The molecule has 1 saturated heterocycles. The Balaban J connectivity index is 1.57. The van der Waals surface area contributed by atoms with Gasteiger partial charge in [0.2, 0.25) is 10.0 Å². The number of hydrogen-bond acceptors (Lipinski definition) is 3. The van der Waals surface area contributed by atoms with Crippen molar-refractivity contribution in [2.24, 2.45) is 5.92 Å². The van der Waals surface area contributed by atoms with Crippen molar-refractivity contribution in [3.63, 3.8) is 0 Å². The van der Waals surface area contributed by atoms with Crippen LogP contribution in [0.2, 0.25) is 5.04 Å². The normalized spacial score (nSPS) is 25.2. The zero-order chi connectivity index (χ0) is 28.6. The summed E-state index contributed by atoms with van der Waals surface area (Å²) in [5, 5.41) is 2.44. The fourth-order valence-corrected chi connectivity index (χ4v) is 13.7. The number of nitrogens with zero attached hydrogens (tertiary/aromatic N) is 1. The molecule has 0 amide bonds. The number of aryl methyl sites for hydroxylation is 1. The topological polar surface area (TPSA) is 46.4 Å². The van der Waals surface area contributed by atoms with E-state index in [9.17, 15) is 8.42 Å². The van der Waals surface area contributed by atoms with Crippen molar-refractivity contribution >= 4 is 28.7 Å². The second-order valence-corrected chi connectivity index (χ2v) is 19.0. The smallest absolute Gasteiger partial charge is 0.261 e. The van der Waals surface area contributed by atoms with Crippen molar-refractivity contribution in [2.45, 2.75) is 94.7 Å². The molecule has 1 spiro atoms. The molecule has 6 heteroatoms. The molecule has 0 N–H and O–H groups in total. The predicted octanol–water partition coefficient (Wildman–Crippen LogP) is 6.67. The van der Waals surface area contributed by atoms with Gasteiger partial charge >= 0.3 is 0 Å². The first-order valence-electron chi connectivity index (χ1n) is 14.9. The molecule has 1 unspecified atom stereocenters. The van der Waals surface area contributed by atoms with Crippen molar-refractivity contribution in [1.82, 2.24) is 4.31 Å². The van der Waals surface area contributed by atoms with Gasteiger partial charge in [-0.2, -0.15) is 4.31 Å². The molecule has 0 radical (unpaired) electrons. The van der Waals surface area contributed by atoms with E-state index in [1.54, 1.807) is 12.1 Å². The lowest BCUT2D eigenvalue weighted by molar-refractivity contribution is 0.0460. The van der Waals surface area contributed by atoms with Crippen LogP contribution in [0.4, 0.5) is 0 Å². The zero-order valence-electron chi connectivity index (χ0n) is 24.8. The Labute approximate surface area is 243 Å². The molecule has 1 aliphatic carbocycles. The van der Waals surface area contributed by atoms with E-state index in [2.05, 4.69) is 88.4 Å². The average Bonchev–Trinajstić information content (AvgIpc) is 3.67. The standard InChI is InChI=1S/C34H45NO3SSi/c1-6-7-19-31-32(20-14-25-34(31)26-35(34)39(36,37)28-23-21-27(2)22-24-28)38-40(33(3,4)5,29-15-10-8-11-16-29)30-17-12-9-13-18-30/h8-13,15-18,21-24,31-32H,6-7,14,19-20,25-26H2,1-5H3/t31-,32+,34+,35?/m1/s1. The summed E-state index contributed by atoms with van der Waals surface area (Å²) in [5.74, 6) is 0.170. The van der Waals surface area contributed by atoms with Gasteiger partial charge in [-0.25, -0.2) is 8.42 Å². The van der Waals surface area contributed by atoms with Crippen molar-refractivity contribution in [1.29, 1.82) is 0 Å². The fraction of sp³-hybridized carbons (Fsp3) is 0.471. The Morgan fingerprint density at radius 3 is 2.02 bits per heavy atom. The lowest BCUT2D eigenvalue weighted by Gasteiger charge is -2.49. The minimum atomic E-state index is -3.56. The summed E-state index contributed by atoms with van der Waals surface area (Å²) >= 11 is 0. The first-order valence-corrected chi connectivity index (χ1v) is 18.3. The van der Waals surface area contributed by atoms with Crippen LogP contribution < -0.4 is 10.4 Å². The van der Waals surface area contributed by atoms with Crippen molar-refractivity contribution in [3.05, 3.63) is 90.5 Å². The van der Waals surface area contributed by atoms with Gasteiger partial charge in [0.1, 0.15) is 0 Å². The van der Waals surface area contributed by atoms with Gasteiger partial charge in [-0.15, -0.1) is 0 Å². The summed E-state index contributed by atoms with van der Waals surface area (Å²) < 4.78 is 37.3. The van der Waals surface area contributed by atoms with Gasteiger partial charge < -0.3 is 4.43 Å². The Bertz CT molecular complexity index is 1350. The SMILES string of the molecule is CCCC[C@@H]1[C@@H](O[Si](c2ccccc2)(c2ccccc2)C(C)(C)C)CCC[C@]12CN2S(=O)(=O)c1ccc(C)cc1. The molecule has 3 aromatic carbocycles. The minimum absolute atomic E-state index is 0.00446. The number of unbranched alkanes of at least 4 members (excludes halogenated alkanes) is 1. The van der Waals surface area contributed by atoms with Crippen LogP contribution in [-0.2, 0) is 14.4 Å². The van der Waals surface area contributed by atoms with E-state index in [1.807, 2.05) is 23.4 Å². The number of sulfonamides is 1. The summed E-state index contributed by atoms with van der Waals surface area (Å²) in [5.41, 5.74) is 0.712. The molecule has 1 heterocycles. The highest BCUT2D eigenvalue weighted by Crippen LogP contribution is 2.55. The monoisotopic (exact) mass is 575 g/mol. The lowest BCUT2D eigenvalue weighted by Crippen LogP contribution is -2.68. The van der Waals surface area contributed by atoms with Crippen LogP contribution in [0.5, 0.6) is 0 Å². The van der Waals surface area contributed by atoms with Crippen LogP contribution in [0.25, 0.3) is 0 Å². The highest BCUT2D eigenvalue weighted by atomic mass is 32.2. The van der Waals surface area contributed by atoms with Gasteiger partial charge in [-0.1, -0.05) is 119 Å². The fourth-order valence-electron chi connectivity index (χ4n) is 7.16. The molecule has 40 heavy (non-hydrogen) atoms. The quantitative estimate of drug-likeness (QED) is 0.211. The van der Waals surface area contributed by atoms with Crippen LogP contribution >= 0.6 is 0 Å². The van der Waals surface area contributed by atoms with Gasteiger partial charge in [-0.3, -0.25) is 0 Å². The average molecular weight is 576 g/mol. The van der Waals surface area contributed by atoms with Gasteiger partial charge in [-0.05, 0) is 60.2 Å². The summed E-state index contributed by atoms with van der Waals surface area (Å²) in [6.45, 7) is 11.8. The maximum Gasteiger partial charge on any atom is 0.261 e. The second-order valence-electron chi connectivity index (χ2n) is 12.9. The summed E-state index contributed by atoms with van der Waals surface area (Å²) in [6.07, 6.45) is 6.01. The predicted molar refractivity (Wildman–Crippen MR) is 167 cm³/mol. The maximum absolute atomic E-state index is 13.9. The van der Waals surface area contributed by atoms with Crippen LogP contribution in [-0.4, -0.2) is 39.2 Å².